The zero-order valence-corrected chi connectivity index (χ0v) is 14.8. The van der Waals surface area contributed by atoms with Gasteiger partial charge in [0.2, 0.25) is 15.9 Å². The fourth-order valence-electron chi connectivity index (χ4n) is 2.40. The van der Waals surface area contributed by atoms with Gasteiger partial charge in [-0.05, 0) is 18.2 Å². The molecule has 1 heterocycles. The maximum absolute atomic E-state index is 13.5. The van der Waals surface area contributed by atoms with E-state index in [1.165, 1.54) is 24.3 Å². The van der Waals surface area contributed by atoms with E-state index < -0.39 is 27.5 Å². The molecule has 0 fully saturated rings. The van der Waals surface area contributed by atoms with Gasteiger partial charge in [-0.3, -0.25) is 9.78 Å². The van der Waals surface area contributed by atoms with E-state index in [0.717, 1.165) is 0 Å². The highest BCUT2D eigenvalue weighted by Gasteiger charge is 2.16. The van der Waals surface area contributed by atoms with E-state index in [2.05, 4.69) is 15.0 Å². The second-order valence-electron chi connectivity index (χ2n) is 5.69. The smallest absolute Gasteiger partial charge is 0.408 e. The number of carbonyl (C=O) groups is 1. The van der Waals surface area contributed by atoms with Gasteiger partial charge < -0.3 is 9.73 Å². The van der Waals surface area contributed by atoms with Crippen LogP contribution in [0.1, 0.15) is 12.0 Å². The van der Waals surface area contributed by atoms with Crippen molar-refractivity contribution in [1.29, 1.82) is 0 Å². The summed E-state index contributed by atoms with van der Waals surface area (Å²) in [4.78, 5) is 25.2. The predicted octanol–water partition coefficient (Wildman–Crippen LogP) is 1.24. The average Bonchev–Trinajstić information content (AvgIpc) is 3.00. The van der Waals surface area contributed by atoms with Crippen LogP contribution in [0.15, 0.2) is 56.6 Å². The standard InChI is InChI=1S/C17H16FN3O5S/c18-13-4-2-1-3-11(13)10-19-16(22)7-8-20-27(24,25)12-5-6-14-15(9-12)26-17(23)21-14/h1-6,9,20H,7-8,10H2,(H,19,22)(H,21,23). The highest BCUT2D eigenvalue weighted by molar-refractivity contribution is 7.89. The number of aromatic nitrogens is 1. The summed E-state index contributed by atoms with van der Waals surface area (Å²) in [6.45, 7) is -0.123. The zero-order valence-electron chi connectivity index (χ0n) is 14.0. The molecular weight excluding hydrogens is 377 g/mol. The van der Waals surface area contributed by atoms with Gasteiger partial charge >= 0.3 is 5.76 Å². The van der Waals surface area contributed by atoms with Crippen LogP contribution in [0.4, 0.5) is 4.39 Å². The van der Waals surface area contributed by atoms with Gasteiger partial charge in [-0.25, -0.2) is 22.3 Å². The molecule has 0 spiro atoms. The maximum Gasteiger partial charge on any atom is 0.417 e. The molecule has 2 aromatic carbocycles. The van der Waals surface area contributed by atoms with Crippen LogP contribution in [-0.4, -0.2) is 25.9 Å². The van der Waals surface area contributed by atoms with Gasteiger partial charge in [0.25, 0.3) is 0 Å². The number of nitrogens with one attached hydrogen (secondary N) is 3. The lowest BCUT2D eigenvalue weighted by Crippen LogP contribution is -2.30. The molecule has 0 aliphatic heterocycles. The largest absolute Gasteiger partial charge is 0.417 e. The molecule has 0 aliphatic carbocycles. The number of oxazole rings is 1. The molecule has 142 valence electrons. The van der Waals surface area contributed by atoms with Crippen LogP contribution in [0, 0.1) is 5.82 Å². The molecule has 10 heteroatoms. The van der Waals surface area contributed by atoms with Gasteiger partial charge in [0, 0.05) is 31.1 Å². The van der Waals surface area contributed by atoms with E-state index in [0.29, 0.717) is 11.1 Å². The Morgan fingerprint density at radius 1 is 1.19 bits per heavy atom. The minimum Gasteiger partial charge on any atom is -0.408 e. The number of rotatable bonds is 7. The summed E-state index contributed by atoms with van der Waals surface area (Å²) in [7, 11) is -3.88. The van der Waals surface area contributed by atoms with E-state index in [9.17, 15) is 22.4 Å². The number of sulfonamides is 1. The van der Waals surface area contributed by atoms with Gasteiger partial charge in [-0.2, -0.15) is 0 Å². The van der Waals surface area contributed by atoms with Crippen molar-refractivity contribution in [3.8, 4) is 0 Å². The first kappa shape index (κ1) is 18.8. The molecule has 0 saturated heterocycles. The van der Waals surface area contributed by atoms with Gasteiger partial charge in [0.05, 0.1) is 10.4 Å². The zero-order chi connectivity index (χ0) is 19.4. The predicted molar refractivity (Wildman–Crippen MR) is 94.9 cm³/mol. The van der Waals surface area contributed by atoms with Crippen molar-refractivity contribution in [2.75, 3.05) is 6.54 Å². The highest BCUT2D eigenvalue weighted by Crippen LogP contribution is 2.16. The Kier molecular flexibility index (Phi) is 5.38. The summed E-state index contributed by atoms with van der Waals surface area (Å²) in [5.74, 6) is -1.53. The molecule has 3 N–H and O–H groups in total. The van der Waals surface area contributed by atoms with Crippen molar-refractivity contribution in [1.82, 2.24) is 15.0 Å². The summed E-state index contributed by atoms with van der Waals surface area (Å²) >= 11 is 0. The summed E-state index contributed by atoms with van der Waals surface area (Å²) in [6, 6.07) is 9.98. The van der Waals surface area contributed by atoms with Crippen LogP contribution in [-0.2, 0) is 21.4 Å². The van der Waals surface area contributed by atoms with E-state index in [1.54, 1.807) is 18.2 Å². The Balaban J connectivity index is 1.54. The molecule has 8 nitrogen and oxygen atoms in total. The van der Waals surface area contributed by atoms with Gasteiger partial charge in [0.1, 0.15) is 5.82 Å². The summed E-state index contributed by atoms with van der Waals surface area (Å²) in [5, 5.41) is 2.53. The summed E-state index contributed by atoms with van der Waals surface area (Å²) < 4.78 is 45.1. The van der Waals surface area contributed by atoms with Gasteiger partial charge in [-0.1, -0.05) is 18.2 Å². The summed E-state index contributed by atoms with van der Waals surface area (Å²) in [5.41, 5.74) is 0.838. The number of fused-ring (bicyclic) bond motifs is 1. The number of H-pyrrole nitrogens is 1. The Bertz CT molecular complexity index is 1140. The van der Waals surface area contributed by atoms with Crippen molar-refractivity contribution >= 4 is 27.0 Å². The van der Waals surface area contributed by atoms with Gasteiger partial charge in [0.15, 0.2) is 5.58 Å². The van der Waals surface area contributed by atoms with Crippen LogP contribution in [0.3, 0.4) is 0 Å². The Morgan fingerprint density at radius 3 is 2.74 bits per heavy atom. The molecule has 0 bridgehead atoms. The lowest BCUT2D eigenvalue weighted by Gasteiger charge is -2.08. The third kappa shape index (κ3) is 4.60. The third-order valence-electron chi connectivity index (χ3n) is 3.78. The lowest BCUT2D eigenvalue weighted by atomic mass is 10.2. The number of amides is 1. The van der Waals surface area contributed by atoms with E-state index in [1.807, 2.05) is 0 Å². The van der Waals surface area contributed by atoms with E-state index >= 15 is 0 Å². The van der Waals surface area contributed by atoms with Crippen molar-refractivity contribution in [2.45, 2.75) is 17.9 Å². The fraction of sp³-hybridized carbons (Fsp3) is 0.176. The minimum atomic E-state index is -3.88. The minimum absolute atomic E-state index is 0.0153. The first-order valence-corrected chi connectivity index (χ1v) is 9.46. The Morgan fingerprint density at radius 2 is 1.96 bits per heavy atom. The molecule has 27 heavy (non-hydrogen) atoms. The first-order chi connectivity index (χ1) is 12.8. The molecule has 0 saturated carbocycles. The molecule has 3 rings (SSSR count). The lowest BCUT2D eigenvalue weighted by molar-refractivity contribution is -0.121. The number of hydrogen-bond donors (Lipinski definition) is 3. The summed E-state index contributed by atoms with van der Waals surface area (Å²) in [6.07, 6.45) is -0.116. The SMILES string of the molecule is O=C(CCNS(=O)(=O)c1ccc2[nH]c(=O)oc2c1)NCc1ccccc1F. The molecule has 0 unspecified atom stereocenters. The number of benzene rings is 2. The molecule has 1 amide bonds. The molecule has 3 aromatic rings. The van der Waals surface area contributed by atoms with Gasteiger partial charge in [-0.15, -0.1) is 0 Å². The molecule has 0 aliphatic rings. The normalized spacial score (nSPS) is 11.6. The van der Waals surface area contributed by atoms with Crippen LogP contribution >= 0.6 is 0 Å². The molecule has 0 atom stereocenters. The quantitative estimate of drug-likeness (QED) is 0.558. The van der Waals surface area contributed by atoms with Crippen LogP contribution in [0.2, 0.25) is 0 Å². The highest BCUT2D eigenvalue weighted by atomic mass is 32.2. The van der Waals surface area contributed by atoms with Crippen LogP contribution in [0.5, 0.6) is 0 Å². The first-order valence-electron chi connectivity index (χ1n) is 7.98. The van der Waals surface area contributed by atoms with Crippen molar-refractivity contribution in [2.24, 2.45) is 0 Å². The number of hydrogen-bond acceptors (Lipinski definition) is 5. The van der Waals surface area contributed by atoms with Crippen molar-refractivity contribution < 1.29 is 22.0 Å². The molecule has 0 radical (unpaired) electrons. The molecule has 1 aromatic heterocycles. The number of carbonyl (C=O) groups excluding carboxylic acids is 1. The van der Waals surface area contributed by atoms with Crippen molar-refractivity contribution in [3.63, 3.8) is 0 Å². The topological polar surface area (TPSA) is 121 Å². The maximum atomic E-state index is 13.5. The molecular formula is C17H16FN3O5S. The Hall–Kier alpha value is -2.98. The van der Waals surface area contributed by atoms with E-state index in [4.69, 9.17) is 4.42 Å². The van der Waals surface area contributed by atoms with E-state index in [-0.39, 0.29) is 30.0 Å². The monoisotopic (exact) mass is 393 g/mol. The fourth-order valence-corrected chi connectivity index (χ4v) is 3.45. The average molecular weight is 393 g/mol. The van der Waals surface area contributed by atoms with Crippen LogP contribution < -0.4 is 15.8 Å². The third-order valence-corrected chi connectivity index (χ3v) is 5.24. The second-order valence-corrected chi connectivity index (χ2v) is 7.46. The van der Waals surface area contributed by atoms with Crippen LogP contribution in [0.25, 0.3) is 11.1 Å². The van der Waals surface area contributed by atoms with Crippen molar-refractivity contribution in [3.05, 3.63) is 64.4 Å². The number of aromatic amines is 1. The number of halogens is 1. The second kappa shape index (κ2) is 7.72. The Labute approximate surface area is 153 Å².